The zero-order valence-electron chi connectivity index (χ0n) is 11.2. The van der Waals surface area contributed by atoms with Crippen LogP contribution in [0, 0.1) is 0 Å². The molecule has 1 aliphatic carbocycles. The molecule has 1 unspecified atom stereocenters. The number of halogens is 3. The van der Waals surface area contributed by atoms with Gasteiger partial charge in [0.2, 0.25) is 0 Å². The van der Waals surface area contributed by atoms with Gasteiger partial charge >= 0.3 is 6.36 Å². The lowest BCUT2D eigenvalue weighted by atomic mass is 9.75. The van der Waals surface area contributed by atoms with Gasteiger partial charge < -0.3 is 15.2 Å². The van der Waals surface area contributed by atoms with E-state index in [1.165, 1.54) is 18.2 Å². The molecule has 0 aliphatic heterocycles. The Morgan fingerprint density at radius 3 is 2.55 bits per heavy atom. The van der Waals surface area contributed by atoms with E-state index in [9.17, 15) is 13.2 Å². The lowest BCUT2D eigenvalue weighted by Gasteiger charge is -2.42. The normalized spacial score (nSPS) is 19.2. The van der Waals surface area contributed by atoms with E-state index in [4.69, 9.17) is 10.5 Å². The molecule has 1 aromatic rings. The fraction of sp³-hybridized carbons (Fsp3) is 0.571. The van der Waals surface area contributed by atoms with Crippen LogP contribution < -0.4 is 10.5 Å². The Balaban J connectivity index is 2.06. The third kappa shape index (κ3) is 3.64. The molecular weight excluding hydrogens is 271 g/mol. The molecule has 0 saturated heterocycles. The van der Waals surface area contributed by atoms with Crippen LogP contribution in [-0.4, -0.2) is 19.1 Å². The van der Waals surface area contributed by atoms with E-state index < -0.39 is 6.36 Å². The average molecular weight is 289 g/mol. The summed E-state index contributed by atoms with van der Waals surface area (Å²) in [6, 6.07) is 5.44. The van der Waals surface area contributed by atoms with Gasteiger partial charge in [-0.05, 0) is 43.4 Å². The zero-order valence-corrected chi connectivity index (χ0v) is 11.2. The zero-order chi connectivity index (χ0) is 14.8. The number of rotatable bonds is 5. The molecule has 3 nitrogen and oxygen atoms in total. The number of alkyl halides is 3. The summed E-state index contributed by atoms with van der Waals surface area (Å²) >= 11 is 0. The third-order valence-electron chi connectivity index (χ3n) is 3.81. The van der Waals surface area contributed by atoms with Crippen LogP contribution in [0.3, 0.4) is 0 Å². The Morgan fingerprint density at radius 1 is 1.35 bits per heavy atom. The molecule has 2 N–H and O–H groups in total. The molecule has 0 radical (unpaired) electrons. The van der Waals surface area contributed by atoms with Gasteiger partial charge in [-0.2, -0.15) is 0 Å². The molecule has 1 saturated carbocycles. The van der Waals surface area contributed by atoms with Crippen LogP contribution in [0.15, 0.2) is 24.3 Å². The van der Waals surface area contributed by atoms with Crippen LogP contribution in [0.5, 0.6) is 5.75 Å². The first-order valence-electron chi connectivity index (χ1n) is 6.50. The molecule has 0 spiro atoms. The Morgan fingerprint density at radius 2 is 2.05 bits per heavy atom. The Kier molecular flexibility index (Phi) is 4.25. The molecule has 112 valence electrons. The second-order valence-electron chi connectivity index (χ2n) is 5.17. The number of ether oxygens (including phenoxy) is 2. The second-order valence-corrected chi connectivity index (χ2v) is 5.17. The smallest absolute Gasteiger partial charge is 0.406 e. The van der Waals surface area contributed by atoms with Gasteiger partial charge in [-0.25, -0.2) is 0 Å². The van der Waals surface area contributed by atoms with Crippen molar-refractivity contribution in [2.75, 3.05) is 7.11 Å². The van der Waals surface area contributed by atoms with E-state index in [0.717, 1.165) is 19.3 Å². The molecule has 0 heterocycles. The minimum Gasteiger partial charge on any atom is -0.406 e. The highest BCUT2D eigenvalue weighted by atomic mass is 19.4. The van der Waals surface area contributed by atoms with Gasteiger partial charge in [0.15, 0.2) is 0 Å². The summed E-state index contributed by atoms with van der Waals surface area (Å²) in [6.07, 6.45) is -1.12. The number of hydrogen-bond acceptors (Lipinski definition) is 3. The van der Waals surface area contributed by atoms with Crippen molar-refractivity contribution >= 4 is 0 Å². The van der Waals surface area contributed by atoms with Crippen molar-refractivity contribution in [2.45, 2.75) is 43.7 Å². The van der Waals surface area contributed by atoms with Gasteiger partial charge in [0, 0.05) is 13.2 Å². The molecule has 1 aromatic carbocycles. The SMILES string of the molecule is COC1(CC(N)c2cccc(OC(F)(F)F)c2)CCC1. The molecule has 0 aromatic heterocycles. The lowest BCUT2D eigenvalue weighted by molar-refractivity contribution is -0.274. The van der Waals surface area contributed by atoms with E-state index in [-0.39, 0.29) is 17.4 Å². The third-order valence-corrected chi connectivity index (χ3v) is 3.81. The van der Waals surface area contributed by atoms with Crippen LogP contribution in [-0.2, 0) is 4.74 Å². The molecule has 1 aliphatic rings. The highest BCUT2D eigenvalue weighted by molar-refractivity contribution is 5.31. The van der Waals surface area contributed by atoms with Gasteiger partial charge in [-0.3, -0.25) is 0 Å². The molecule has 1 atom stereocenters. The first kappa shape index (κ1) is 15.1. The second kappa shape index (κ2) is 5.61. The summed E-state index contributed by atoms with van der Waals surface area (Å²) in [7, 11) is 1.65. The van der Waals surface area contributed by atoms with E-state index in [1.807, 2.05) is 0 Å². The van der Waals surface area contributed by atoms with Gasteiger partial charge in [0.05, 0.1) is 5.60 Å². The summed E-state index contributed by atoms with van der Waals surface area (Å²) in [5, 5.41) is 0. The van der Waals surface area contributed by atoms with Gasteiger partial charge in [0.1, 0.15) is 5.75 Å². The molecule has 20 heavy (non-hydrogen) atoms. The maximum Gasteiger partial charge on any atom is 0.573 e. The summed E-state index contributed by atoms with van der Waals surface area (Å²) < 4.78 is 46.0. The number of methoxy groups -OCH3 is 1. The standard InChI is InChI=1S/C14H18F3NO2/c1-19-13(6-3-7-13)9-12(18)10-4-2-5-11(8-10)20-14(15,16)17/h2,4-5,8,12H,3,6-7,9,18H2,1H3. The topological polar surface area (TPSA) is 44.5 Å². The first-order chi connectivity index (χ1) is 9.34. The fourth-order valence-corrected chi connectivity index (χ4v) is 2.52. The minimum absolute atomic E-state index is 0.222. The van der Waals surface area contributed by atoms with Crippen molar-refractivity contribution in [3.05, 3.63) is 29.8 Å². The van der Waals surface area contributed by atoms with Gasteiger partial charge in [0.25, 0.3) is 0 Å². The van der Waals surface area contributed by atoms with Crippen LogP contribution in [0.2, 0.25) is 0 Å². The van der Waals surface area contributed by atoms with Crippen LogP contribution in [0.4, 0.5) is 13.2 Å². The maximum atomic E-state index is 12.2. The van der Waals surface area contributed by atoms with Crippen molar-refractivity contribution in [3.8, 4) is 5.75 Å². The lowest BCUT2D eigenvalue weighted by Crippen LogP contribution is -2.41. The summed E-state index contributed by atoms with van der Waals surface area (Å²) in [5.41, 5.74) is 6.48. The number of benzene rings is 1. The van der Waals surface area contributed by atoms with Crippen molar-refractivity contribution < 1.29 is 22.6 Å². The number of nitrogens with two attached hydrogens (primary N) is 1. The van der Waals surface area contributed by atoms with E-state index in [1.54, 1.807) is 13.2 Å². The van der Waals surface area contributed by atoms with Crippen molar-refractivity contribution in [3.63, 3.8) is 0 Å². The molecule has 1 fully saturated rings. The Hall–Kier alpha value is -1.27. The predicted molar refractivity (Wildman–Crippen MR) is 68.3 cm³/mol. The molecular formula is C14H18F3NO2. The van der Waals surface area contributed by atoms with E-state index in [0.29, 0.717) is 12.0 Å². The largest absolute Gasteiger partial charge is 0.573 e. The highest BCUT2D eigenvalue weighted by Gasteiger charge is 2.38. The highest BCUT2D eigenvalue weighted by Crippen LogP contribution is 2.41. The summed E-state index contributed by atoms with van der Waals surface area (Å²) in [5.74, 6) is -0.245. The fourth-order valence-electron chi connectivity index (χ4n) is 2.52. The van der Waals surface area contributed by atoms with Crippen molar-refractivity contribution in [1.29, 1.82) is 0 Å². The van der Waals surface area contributed by atoms with E-state index >= 15 is 0 Å². The van der Waals surface area contributed by atoms with Crippen molar-refractivity contribution in [2.24, 2.45) is 5.73 Å². The monoisotopic (exact) mass is 289 g/mol. The maximum absolute atomic E-state index is 12.2. The number of hydrogen-bond donors (Lipinski definition) is 1. The summed E-state index contributed by atoms with van der Waals surface area (Å²) in [6.45, 7) is 0. The quantitative estimate of drug-likeness (QED) is 0.901. The first-order valence-corrected chi connectivity index (χ1v) is 6.50. The van der Waals surface area contributed by atoms with E-state index in [2.05, 4.69) is 4.74 Å². The van der Waals surface area contributed by atoms with Crippen LogP contribution in [0.1, 0.15) is 37.3 Å². The van der Waals surface area contributed by atoms with Gasteiger partial charge in [-0.15, -0.1) is 13.2 Å². The molecule has 6 heteroatoms. The minimum atomic E-state index is -4.69. The molecule has 2 rings (SSSR count). The summed E-state index contributed by atoms with van der Waals surface area (Å²) in [4.78, 5) is 0. The van der Waals surface area contributed by atoms with Crippen LogP contribution >= 0.6 is 0 Å². The Labute approximate surface area is 115 Å². The molecule has 0 amide bonds. The average Bonchev–Trinajstić information content (AvgIpc) is 2.32. The predicted octanol–water partition coefficient (Wildman–Crippen LogP) is 3.54. The van der Waals surface area contributed by atoms with Crippen LogP contribution in [0.25, 0.3) is 0 Å². The van der Waals surface area contributed by atoms with Crippen molar-refractivity contribution in [1.82, 2.24) is 0 Å². The van der Waals surface area contributed by atoms with Gasteiger partial charge in [-0.1, -0.05) is 12.1 Å². The Bertz CT molecular complexity index is 452. The molecule has 0 bridgehead atoms.